The quantitative estimate of drug-likeness (QED) is 0.887. The van der Waals surface area contributed by atoms with Gasteiger partial charge in [-0.05, 0) is 37.0 Å². The van der Waals surface area contributed by atoms with Crippen molar-refractivity contribution in [1.29, 1.82) is 0 Å². The van der Waals surface area contributed by atoms with Crippen LogP contribution >= 0.6 is 11.3 Å². The van der Waals surface area contributed by atoms with Gasteiger partial charge >= 0.3 is 6.18 Å². The monoisotopic (exact) mass is 341 g/mol. The maximum Gasteiger partial charge on any atom is 0.416 e. The maximum atomic E-state index is 13.3. The highest BCUT2D eigenvalue weighted by molar-refractivity contribution is 7.09. The SMILES string of the molecule is Cc1cc2c(cc1C(F)(F)F)N(Cc1nccs1)CCCC2N. The summed E-state index contributed by atoms with van der Waals surface area (Å²) in [6.45, 7) is 2.68. The number of hydrogen-bond donors (Lipinski definition) is 1. The minimum absolute atomic E-state index is 0.225. The van der Waals surface area contributed by atoms with Gasteiger partial charge in [0.1, 0.15) is 5.01 Å². The number of aromatic nitrogens is 1. The molecule has 7 heteroatoms. The molecule has 0 saturated carbocycles. The Balaban J connectivity index is 2.07. The number of nitrogens with zero attached hydrogens (tertiary/aromatic N) is 2. The molecule has 0 spiro atoms. The summed E-state index contributed by atoms with van der Waals surface area (Å²) in [5.74, 6) is 0. The summed E-state index contributed by atoms with van der Waals surface area (Å²) in [5, 5.41) is 2.76. The lowest BCUT2D eigenvalue weighted by Crippen LogP contribution is -2.24. The minimum Gasteiger partial charge on any atom is -0.364 e. The maximum absolute atomic E-state index is 13.3. The van der Waals surface area contributed by atoms with E-state index in [0.717, 1.165) is 23.4 Å². The van der Waals surface area contributed by atoms with Crippen LogP contribution < -0.4 is 10.6 Å². The highest BCUT2D eigenvalue weighted by atomic mass is 32.1. The van der Waals surface area contributed by atoms with E-state index >= 15 is 0 Å². The number of anilines is 1. The Labute approximate surface area is 136 Å². The summed E-state index contributed by atoms with van der Waals surface area (Å²) in [6.07, 6.45) is -1.03. The molecular weight excluding hydrogens is 323 g/mol. The van der Waals surface area contributed by atoms with Crippen LogP contribution in [0.15, 0.2) is 23.7 Å². The Hall–Kier alpha value is -1.60. The molecule has 2 N–H and O–H groups in total. The molecule has 1 unspecified atom stereocenters. The zero-order chi connectivity index (χ0) is 16.6. The smallest absolute Gasteiger partial charge is 0.364 e. The van der Waals surface area contributed by atoms with Gasteiger partial charge in [-0.15, -0.1) is 11.3 Å². The van der Waals surface area contributed by atoms with E-state index in [1.807, 2.05) is 10.3 Å². The van der Waals surface area contributed by atoms with Crippen molar-refractivity contribution in [3.05, 3.63) is 45.4 Å². The number of rotatable bonds is 2. The molecule has 1 aliphatic heterocycles. The lowest BCUT2D eigenvalue weighted by molar-refractivity contribution is -0.138. The van der Waals surface area contributed by atoms with E-state index in [1.54, 1.807) is 12.3 Å². The molecule has 124 valence electrons. The number of hydrogen-bond acceptors (Lipinski definition) is 4. The van der Waals surface area contributed by atoms with Crippen molar-refractivity contribution in [2.75, 3.05) is 11.4 Å². The van der Waals surface area contributed by atoms with Crippen molar-refractivity contribution in [3.63, 3.8) is 0 Å². The van der Waals surface area contributed by atoms with Crippen LogP contribution in [0.2, 0.25) is 0 Å². The fourth-order valence-corrected chi connectivity index (χ4v) is 3.66. The largest absolute Gasteiger partial charge is 0.416 e. The first-order chi connectivity index (χ1) is 10.9. The highest BCUT2D eigenvalue weighted by Gasteiger charge is 2.34. The van der Waals surface area contributed by atoms with Crippen LogP contribution in [-0.2, 0) is 12.7 Å². The first kappa shape index (κ1) is 16.3. The predicted molar refractivity (Wildman–Crippen MR) is 85.5 cm³/mol. The van der Waals surface area contributed by atoms with E-state index in [1.165, 1.54) is 24.3 Å². The van der Waals surface area contributed by atoms with Gasteiger partial charge in [0.25, 0.3) is 0 Å². The molecule has 0 aliphatic carbocycles. The molecule has 0 radical (unpaired) electrons. The Morgan fingerprint density at radius 1 is 1.39 bits per heavy atom. The summed E-state index contributed by atoms with van der Waals surface area (Å²) < 4.78 is 39.8. The van der Waals surface area contributed by atoms with E-state index in [-0.39, 0.29) is 11.6 Å². The molecule has 0 fully saturated rings. The molecule has 3 rings (SSSR count). The van der Waals surface area contributed by atoms with Crippen LogP contribution in [0.1, 0.15) is 40.6 Å². The second kappa shape index (κ2) is 6.13. The topological polar surface area (TPSA) is 42.2 Å². The van der Waals surface area contributed by atoms with E-state index in [9.17, 15) is 13.2 Å². The Bertz CT molecular complexity index is 683. The Morgan fingerprint density at radius 2 is 2.17 bits per heavy atom. The molecule has 3 nitrogen and oxygen atoms in total. The van der Waals surface area contributed by atoms with Crippen LogP contribution in [0.3, 0.4) is 0 Å². The normalized spacial score (nSPS) is 18.7. The van der Waals surface area contributed by atoms with Gasteiger partial charge in [0.2, 0.25) is 0 Å². The summed E-state index contributed by atoms with van der Waals surface area (Å²) in [7, 11) is 0. The zero-order valence-corrected chi connectivity index (χ0v) is 13.5. The zero-order valence-electron chi connectivity index (χ0n) is 12.7. The van der Waals surface area contributed by atoms with Crippen molar-refractivity contribution in [3.8, 4) is 0 Å². The second-order valence-electron chi connectivity index (χ2n) is 5.82. The van der Waals surface area contributed by atoms with E-state index in [2.05, 4.69) is 4.98 Å². The fraction of sp³-hybridized carbons (Fsp3) is 0.438. The molecular formula is C16H18F3N3S. The third kappa shape index (κ3) is 3.35. The lowest BCUT2D eigenvalue weighted by Gasteiger charge is -2.26. The third-order valence-corrected chi connectivity index (χ3v) is 4.94. The fourth-order valence-electron chi connectivity index (χ4n) is 3.03. The van der Waals surface area contributed by atoms with Gasteiger partial charge in [0, 0.05) is 29.9 Å². The van der Waals surface area contributed by atoms with Gasteiger partial charge in [-0.3, -0.25) is 0 Å². The van der Waals surface area contributed by atoms with Crippen molar-refractivity contribution in [2.24, 2.45) is 5.73 Å². The highest BCUT2D eigenvalue weighted by Crippen LogP contribution is 2.40. The molecule has 2 heterocycles. The second-order valence-corrected chi connectivity index (χ2v) is 6.80. The summed E-state index contributed by atoms with van der Waals surface area (Å²) in [6, 6.07) is 2.62. The molecule has 1 atom stereocenters. The number of fused-ring (bicyclic) bond motifs is 1. The van der Waals surface area contributed by atoms with Crippen LogP contribution in [0.25, 0.3) is 0 Å². The number of alkyl halides is 3. The minimum atomic E-state index is -4.36. The molecule has 1 aromatic heterocycles. The van der Waals surface area contributed by atoms with Gasteiger partial charge in [-0.2, -0.15) is 13.2 Å². The number of aryl methyl sites for hydroxylation is 1. The molecule has 2 aromatic rings. The molecule has 23 heavy (non-hydrogen) atoms. The average Bonchev–Trinajstić information content (AvgIpc) is 2.92. The van der Waals surface area contributed by atoms with Crippen LogP contribution in [0, 0.1) is 6.92 Å². The van der Waals surface area contributed by atoms with Crippen LogP contribution in [0.5, 0.6) is 0 Å². The Morgan fingerprint density at radius 3 is 2.83 bits per heavy atom. The molecule has 1 aromatic carbocycles. The van der Waals surface area contributed by atoms with Gasteiger partial charge in [-0.25, -0.2) is 4.98 Å². The van der Waals surface area contributed by atoms with Crippen LogP contribution in [0.4, 0.5) is 18.9 Å². The predicted octanol–water partition coefficient (Wildman–Crippen LogP) is 4.27. The molecule has 1 aliphatic rings. The number of halogens is 3. The van der Waals surface area contributed by atoms with Gasteiger partial charge < -0.3 is 10.6 Å². The van der Waals surface area contributed by atoms with E-state index in [4.69, 9.17) is 5.73 Å². The first-order valence-electron chi connectivity index (χ1n) is 7.47. The summed E-state index contributed by atoms with van der Waals surface area (Å²) in [5.41, 5.74) is 7.21. The molecule has 0 amide bonds. The van der Waals surface area contributed by atoms with E-state index in [0.29, 0.717) is 18.8 Å². The third-order valence-electron chi connectivity index (χ3n) is 4.17. The number of benzene rings is 1. The van der Waals surface area contributed by atoms with Crippen molar-refractivity contribution >= 4 is 17.0 Å². The van der Waals surface area contributed by atoms with Gasteiger partial charge in [0.15, 0.2) is 0 Å². The summed E-state index contributed by atoms with van der Waals surface area (Å²) in [4.78, 5) is 6.21. The van der Waals surface area contributed by atoms with Gasteiger partial charge in [-0.1, -0.05) is 6.07 Å². The molecule has 0 saturated heterocycles. The molecule has 0 bridgehead atoms. The van der Waals surface area contributed by atoms with Gasteiger partial charge in [0.05, 0.1) is 12.1 Å². The standard InChI is InChI=1S/C16H18F3N3S/c1-10-7-11-13(20)3-2-5-22(9-15-21-4-6-23-15)14(11)8-12(10)16(17,18)19/h4,6-8,13H,2-3,5,9,20H2,1H3. The van der Waals surface area contributed by atoms with Crippen molar-refractivity contribution in [1.82, 2.24) is 4.98 Å². The van der Waals surface area contributed by atoms with E-state index < -0.39 is 11.7 Å². The average molecular weight is 341 g/mol. The van der Waals surface area contributed by atoms with Crippen LogP contribution in [-0.4, -0.2) is 11.5 Å². The van der Waals surface area contributed by atoms with Crippen molar-refractivity contribution < 1.29 is 13.2 Å². The number of thiazole rings is 1. The number of nitrogens with two attached hydrogens (primary N) is 1. The first-order valence-corrected chi connectivity index (χ1v) is 8.35. The summed E-state index contributed by atoms with van der Waals surface area (Å²) >= 11 is 1.51. The lowest BCUT2D eigenvalue weighted by atomic mass is 9.96. The van der Waals surface area contributed by atoms with Crippen molar-refractivity contribution in [2.45, 2.75) is 38.5 Å². The Kier molecular flexibility index (Phi) is 4.33.